The van der Waals surface area contributed by atoms with Crippen LogP contribution in [0.15, 0.2) is 49.6 Å². The number of carbonyl (C=O) groups excluding carboxylic acids is 1. The molecule has 24 heavy (non-hydrogen) atoms. The highest BCUT2D eigenvalue weighted by Gasteiger charge is 1.93. The van der Waals surface area contributed by atoms with Gasteiger partial charge in [-0.1, -0.05) is 6.92 Å². The highest BCUT2D eigenvalue weighted by atomic mass is 16.4. The van der Waals surface area contributed by atoms with Gasteiger partial charge in [-0.15, -0.1) is 0 Å². The smallest absolute Gasteiger partial charge is 0.185 e. The van der Waals surface area contributed by atoms with Crippen molar-refractivity contribution in [2.24, 2.45) is 0 Å². The summed E-state index contributed by atoms with van der Waals surface area (Å²) in [5.74, 6) is 4.70. The van der Waals surface area contributed by atoms with E-state index in [1.165, 1.54) is 0 Å². The molecule has 0 aliphatic heterocycles. The fraction of sp³-hybridized carbons (Fsp3) is 0.316. The molecule has 0 aliphatic rings. The first kappa shape index (κ1) is 19.5. The molecule has 5 nitrogen and oxygen atoms in total. The fourth-order valence-electron chi connectivity index (χ4n) is 1.76. The van der Waals surface area contributed by atoms with Crippen molar-refractivity contribution < 1.29 is 23.2 Å². The van der Waals surface area contributed by atoms with Crippen LogP contribution in [-0.2, 0) is 13.0 Å². The van der Waals surface area contributed by atoms with Gasteiger partial charge in [0.2, 0.25) is 0 Å². The predicted octanol–water partition coefficient (Wildman–Crippen LogP) is 4.63. The molecule has 3 heterocycles. The lowest BCUT2D eigenvalue weighted by atomic mass is 10.4. The Labute approximate surface area is 141 Å². The van der Waals surface area contributed by atoms with E-state index in [2.05, 4.69) is 6.92 Å². The van der Waals surface area contributed by atoms with Crippen molar-refractivity contribution in [3.63, 3.8) is 0 Å². The minimum absolute atomic E-state index is 0.00611. The minimum atomic E-state index is -0.00611. The molecular formula is C19H24O5. The zero-order valence-corrected chi connectivity index (χ0v) is 14.5. The zero-order valence-electron chi connectivity index (χ0n) is 14.5. The predicted molar refractivity (Wildman–Crippen MR) is 91.0 cm³/mol. The Kier molecular flexibility index (Phi) is 8.36. The highest BCUT2D eigenvalue weighted by Crippen LogP contribution is 2.05. The summed E-state index contributed by atoms with van der Waals surface area (Å²) < 4.78 is 15.1. The molecule has 1 N–H and O–H groups in total. The second-order valence-corrected chi connectivity index (χ2v) is 5.10. The molecule has 3 aromatic rings. The average molecular weight is 332 g/mol. The summed E-state index contributed by atoms with van der Waals surface area (Å²) in [4.78, 5) is 9.93. The van der Waals surface area contributed by atoms with Gasteiger partial charge in [0.15, 0.2) is 12.0 Å². The second-order valence-electron chi connectivity index (χ2n) is 5.10. The van der Waals surface area contributed by atoms with Crippen molar-refractivity contribution >= 4 is 6.29 Å². The molecule has 0 radical (unpaired) electrons. The number of carbonyl (C=O) groups is 1. The van der Waals surface area contributed by atoms with Gasteiger partial charge in [-0.2, -0.15) is 0 Å². The Morgan fingerprint density at radius 2 is 1.33 bits per heavy atom. The first-order chi connectivity index (χ1) is 11.5. The van der Waals surface area contributed by atoms with E-state index >= 15 is 0 Å². The Hall–Kier alpha value is -2.53. The van der Waals surface area contributed by atoms with Gasteiger partial charge in [0.05, 0.1) is 0 Å². The zero-order chi connectivity index (χ0) is 17.9. The van der Waals surface area contributed by atoms with Crippen LogP contribution in [0.1, 0.15) is 46.3 Å². The van der Waals surface area contributed by atoms with Gasteiger partial charge in [0.25, 0.3) is 0 Å². The van der Waals surface area contributed by atoms with Gasteiger partial charge >= 0.3 is 0 Å². The topological polar surface area (TPSA) is 76.7 Å². The molecular weight excluding hydrogens is 308 g/mol. The largest absolute Gasteiger partial charge is 0.466 e. The summed E-state index contributed by atoms with van der Waals surface area (Å²) in [7, 11) is 0. The Bertz CT molecular complexity index is 677. The summed E-state index contributed by atoms with van der Waals surface area (Å²) in [6.45, 7) is 7.68. The maximum atomic E-state index is 9.93. The first-order valence-electron chi connectivity index (χ1n) is 7.71. The van der Waals surface area contributed by atoms with Crippen molar-refractivity contribution in [1.29, 1.82) is 0 Å². The van der Waals surface area contributed by atoms with Crippen LogP contribution >= 0.6 is 0 Å². The summed E-state index contributed by atoms with van der Waals surface area (Å²) in [6, 6.07) is 11.0. The van der Waals surface area contributed by atoms with Crippen LogP contribution in [-0.4, -0.2) is 11.4 Å². The number of aliphatic hydroxyl groups excluding tert-OH is 1. The normalized spacial score (nSPS) is 9.54. The van der Waals surface area contributed by atoms with E-state index in [1.54, 1.807) is 25.1 Å². The third-order valence-electron chi connectivity index (χ3n) is 2.97. The van der Waals surface area contributed by atoms with E-state index < -0.39 is 0 Å². The lowest BCUT2D eigenvalue weighted by Gasteiger charge is -1.83. The van der Waals surface area contributed by atoms with Crippen LogP contribution in [0.2, 0.25) is 0 Å². The lowest BCUT2D eigenvalue weighted by Crippen LogP contribution is -1.73. The molecule has 3 rings (SSSR count). The number of hydrogen-bond donors (Lipinski definition) is 1. The van der Waals surface area contributed by atoms with Gasteiger partial charge in [0.1, 0.15) is 35.4 Å². The fourth-order valence-corrected chi connectivity index (χ4v) is 1.76. The maximum absolute atomic E-state index is 9.93. The van der Waals surface area contributed by atoms with Gasteiger partial charge in [-0.25, -0.2) is 0 Å². The summed E-state index contributed by atoms with van der Waals surface area (Å²) in [6.07, 6.45) is 1.68. The summed E-state index contributed by atoms with van der Waals surface area (Å²) in [5, 5.41) is 8.46. The van der Waals surface area contributed by atoms with Crippen molar-refractivity contribution in [3.05, 3.63) is 71.0 Å². The van der Waals surface area contributed by atoms with Crippen LogP contribution in [0.4, 0.5) is 0 Å². The molecule has 0 atom stereocenters. The second kappa shape index (κ2) is 10.3. The quantitative estimate of drug-likeness (QED) is 0.708. The molecule has 0 bridgehead atoms. The average Bonchev–Trinajstić information content (AvgIpc) is 3.30. The Morgan fingerprint density at radius 3 is 1.54 bits per heavy atom. The van der Waals surface area contributed by atoms with E-state index in [-0.39, 0.29) is 6.61 Å². The van der Waals surface area contributed by atoms with Crippen LogP contribution < -0.4 is 0 Å². The molecule has 0 aliphatic carbocycles. The van der Waals surface area contributed by atoms with Crippen molar-refractivity contribution in [3.8, 4) is 0 Å². The third kappa shape index (κ3) is 7.15. The van der Waals surface area contributed by atoms with Gasteiger partial charge in [-0.05, 0) is 57.2 Å². The standard InChI is InChI=1S/C7H10O.C6H8O2.C6H6O2/c1-3-7-5-4-6(2)8-7;2*1-5-2-3-6(4-7)8-5/h4-5H,3H2,1-2H3;2-3,7H,4H2,1H3;2-4H,1H3. The molecule has 0 saturated carbocycles. The molecule has 3 aromatic heterocycles. The van der Waals surface area contributed by atoms with Crippen LogP contribution in [0.3, 0.4) is 0 Å². The van der Waals surface area contributed by atoms with Gasteiger partial charge in [-0.3, -0.25) is 4.79 Å². The third-order valence-corrected chi connectivity index (χ3v) is 2.97. The first-order valence-corrected chi connectivity index (χ1v) is 7.71. The van der Waals surface area contributed by atoms with E-state index in [1.807, 2.05) is 32.0 Å². The van der Waals surface area contributed by atoms with Crippen LogP contribution in [0.5, 0.6) is 0 Å². The van der Waals surface area contributed by atoms with E-state index in [9.17, 15) is 4.79 Å². The van der Waals surface area contributed by atoms with Crippen LogP contribution in [0, 0.1) is 20.8 Å². The van der Waals surface area contributed by atoms with Gasteiger partial charge in [0, 0.05) is 6.42 Å². The number of aldehydes is 1. The minimum Gasteiger partial charge on any atom is -0.466 e. The number of hydrogen-bond acceptors (Lipinski definition) is 5. The molecule has 5 heteroatoms. The summed E-state index contributed by atoms with van der Waals surface area (Å²) in [5.41, 5.74) is 0. The highest BCUT2D eigenvalue weighted by molar-refractivity contribution is 5.70. The molecule has 0 amide bonds. The lowest BCUT2D eigenvalue weighted by molar-refractivity contribution is 0.109. The van der Waals surface area contributed by atoms with Crippen molar-refractivity contribution in [2.45, 2.75) is 40.7 Å². The molecule has 0 unspecified atom stereocenters. The maximum Gasteiger partial charge on any atom is 0.185 e. The van der Waals surface area contributed by atoms with Crippen molar-refractivity contribution in [2.75, 3.05) is 0 Å². The molecule has 130 valence electrons. The van der Waals surface area contributed by atoms with Crippen molar-refractivity contribution in [1.82, 2.24) is 0 Å². The Morgan fingerprint density at radius 1 is 0.833 bits per heavy atom. The Balaban J connectivity index is 0.000000180. The van der Waals surface area contributed by atoms with Crippen LogP contribution in [0.25, 0.3) is 0 Å². The number of furan rings is 3. The van der Waals surface area contributed by atoms with E-state index in [0.717, 1.165) is 29.5 Å². The number of rotatable bonds is 3. The molecule has 0 aromatic carbocycles. The van der Waals surface area contributed by atoms with E-state index in [0.29, 0.717) is 17.8 Å². The van der Waals surface area contributed by atoms with E-state index in [4.69, 9.17) is 18.4 Å². The monoisotopic (exact) mass is 332 g/mol. The number of aliphatic hydroxyl groups is 1. The molecule has 0 saturated heterocycles. The number of aryl methyl sites for hydroxylation is 4. The SMILES string of the molecule is CCc1ccc(C)o1.Cc1ccc(C=O)o1.Cc1ccc(CO)o1. The molecule has 0 spiro atoms. The summed E-state index contributed by atoms with van der Waals surface area (Å²) >= 11 is 0. The van der Waals surface area contributed by atoms with Gasteiger partial charge < -0.3 is 18.4 Å². The molecule has 0 fully saturated rings.